The van der Waals surface area contributed by atoms with Crippen LogP contribution in [0, 0.1) is 0 Å². The summed E-state index contributed by atoms with van der Waals surface area (Å²) in [6.45, 7) is -0.520. The third-order valence-electron chi connectivity index (χ3n) is 3.54. The fraction of sp³-hybridized carbons (Fsp3) is 0.455. The van der Waals surface area contributed by atoms with E-state index in [2.05, 4.69) is 20.9 Å². The lowest BCUT2D eigenvalue weighted by molar-refractivity contribution is -0.114. The molecule has 0 amide bonds. The van der Waals surface area contributed by atoms with Crippen LogP contribution in [-0.2, 0) is 10.5 Å². The maximum atomic E-state index is 12.0. The van der Waals surface area contributed by atoms with Crippen LogP contribution in [-0.4, -0.2) is 49.8 Å². The van der Waals surface area contributed by atoms with E-state index in [0.717, 1.165) is 4.57 Å². The van der Waals surface area contributed by atoms with Gasteiger partial charge in [-0.05, 0) is 6.08 Å². The lowest BCUT2D eigenvalue weighted by Gasteiger charge is -2.30. The topological polar surface area (TPSA) is 125 Å². The summed E-state index contributed by atoms with van der Waals surface area (Å²) < 4.78 is 6.84. The summed E-state index contributed by atoms with van der Waals surface area (Å²) >= 11 is 3.19. The minimum atomic E-state index is -1.68. The number of nitrogens with zero attached hydrogens (tertiary/aromatic N) is 1. The molecule has 3 heterocycles. The van der Waals surface area contributed by atoms with Gasteiger partial charge in [0.2, 0.25) is 5.72 Å². The molecule has 0 saturated carbocycles. The number of aromatic nitrogens is 2. The molecule has 2 aliphatic heterocycles. The van der Waals surface area contributed by atoms with Crippen molar-refractivity contribution < 1.29 is 20.1 Å². The Morgan fingerprint density at radius 3 is 2.75 bits per heavy atom. The highest BCUT2D eigenvalue weighted by molar-refractivity contribution is 9.11. The third-order valence-corrected chi connectivity index (χ3v) is 4.33. The maximum absolute atomic E-state index is 12.0. The second-order valence-electron chi connectivity index (χ2n) is 4.66. The Balaban J connectivity index is 2.26. The maximum Gasteiger partial charge on any atom is 0.331 e. The summed E-state index contributed by atoms with van der Waals surface area (Å²) in [4.78, 5) is 25.4. The number of H-pyrrole nitrogens is 1. The lowest BCUT2D eigenvalue weighted by Crippen LogP contribution is -2.50. The van der Waals surface area contributed by atoms with E-state index < -0.39 is 41.9 Å². The molecule has 1 aromatic heterocycles. The smallest absolute Gasteiger partial charge is 0.331 e. The highest BCUT2D eigenvalue weighted by Crippen LogP contribution is 2.47. The predicted octanol–water partition coefficient (Wildman–Crippen LogP) is -1.95. The van der Waals surface area contributed by atoms with Crippen molar-refractivity contribution in [3.8, 4) is 0 Å². The normalized spacial score (nSPS) is 35.4. The zero-order valence-corrected chi connectivity index (χ0v) is 11.6. The first-order valence-corrected chi connectivity index (χ1v) is 6.60. The number of aromatic amines is 1. The molecule has 1 aromatic rings. The van der Waals surface area contributed by atoms with Crippen molar-refractivity contribution in [2.24, 2.45) is 0 Å². The Kier molecular flexibility index (Phi) is 2.99. The molecule has 0 radical (unpaired) electrons. The Labute approximate surface area is 120 Å². The number of aliphatic hydroxyl groups excluding tert-OH is 3. The number of rotatable bonds is 1. The molecule has 0 aliphatic carbocycles. The third kappa shape index (κ3) is 1.55. The van der Waals surface area contributed by atoms with Gasteiger partial charge in [0, 0.05) is 6.07 Å². The number of ether oxygens (including phenoxy) is 1. The van der Waals surface area contributed by atoms with Gasteiger partial charge in [0.1, 0.15) is 18.3 Å². The highest BCUT2D eigenvalue weighted by Gasteiger charge is 2.60. The Morgan fingerprint density at radius 1 is 1.45 bits per heavy atom. The molecule has 2 aliphatic rings. The molecular formula is C11H11BrN2O6. The standard InChI is InChI=1S/C11H11BrN2O6/c12-6-1-4-2-7(16)13-10(19)14(4)11(6)9(18)8(17)5(3-15)20-11/h1-2,5,8-9,15,17-18H,3H2,(H,13,16,19)/t5-,8-,9-,11-/m1/s1. The summed E-state index contributed by atoms with van der Waals surface area (Å²) in [5.74, 6) is 0. The fourth-order valence-corrected chi connectivity index (χ4v) is 3.38. The molecule has 9 heteroatoms. The molecule has 20 heavy (non-hydrogen) atoms. The number of aliphatic hydroxyl groups is 3. The van der Waals surface area contributed by atoms with Gasteiger partial charge in [-0.3, -0.25) is 14.3 Å². The first-order valence-electron chi connectivity index (χ1n) is 5.81. The van der Waals surface area contributed by atoms with Crippen molar-refractivity contribution in [2.75, 3.05) is 6.61 Å². The van der Waals surface area contributed by atoms with E-state index in [4.69, 9.17) is 9.84 Å². The lowest BCUT2D eigenvalue weighted by atomic mass is 10.0. The molecule has 108 valence electrons. The Morgan fingerprint density at radius 2 is 2.15 bits per heavy atom. The van der Waals surface area contributed by atoms with Gasteiger partial charge in [0.15, 0.2) is 0 Å². The molecular weight excluding hydrogens is 336 g/mol. The molecule has 1 fully saturated rings. The molecule has 0 aromatic carbocycles. The summed E-state index contributed by atoms with van der Waals surface area (Å²) in [5.41, 5.74) is -2.80. The molecule has 3 rings (SSSR count). The van der Waals surface area contributed by atoms with Gasteiger partial charge in [-0.25, -0.2) is 4.79 Å². The minimum absolute atomic E-state index is 0.232. The fourth-order valence-electron chi connectivity index (χ4n) is 2.64. The van der Waals surface area contributed by atoms with E-state index in [1.807, 2.05) is 0 Å². The molecule has 0 bridgehead atoms. The van der Waals surface area contributed by atoms with Crippen LogP contribution in [0.1, 0.15) is 5.69 Å². The average Bonchev–Trinajstić information content (AvgIpc) is 2.80. The van der Waals surface area contributed by atoms with Crippen LogP contribution < -0.4 is 11.2 Å². The van der Waals surface area contributed by atoms with E-state index >= 15 is 0 Å². The van der Waals surface area contributed by atoms with Gasteiger partial charge < -0.3 is 20.1 Å². The van der Waals surface area contributed by atoms with Crippen molar-refractivity contribution in [3.63, 3.8) is 0 Å². The largest absolute Gasteiger partial charge is 0.394 e. The van der Waals surface area contributed by atoms with E-state index in [-0.39, 0.29) is 10.2 Å². The minimum Gasteiger partial charge on any atom is -0.394 e. The summed E-state index contributed by atoms with van der Waals surface area (Å²) in [7, 11) is 0. The predicted molar refractivity (Wildman–Crippen MR) is 70.2 cm³/mol. The van der Waals surface area contributed by atoms with Gasteiger partial charge in [-0.1, -0.05) is 15.9 Å². The van der Waals surface area contributed by atoms with E-state index in [9.17, 15) is 19.8 Å². The van der Waals surface area contributed by atoms with Crippen LogP contribution in [0.2, 0.25) is 0 Å². The number of nitrogens with one attached hydrogen (secondary N) is 1. The summed E-state index contributed by atoms with van der Waals surface area (Å²) in [5, 5.41) is 29.3. The van der Waals surface area contributed by atoms with Crippen LogP contribution in [0.4, 0.5) is 0 Å². The number of halogens is 1. The quantitative estimate of drug-likeness (QED) is 0.468. The summed E-state index contributed by atoms with van der Waals surface area (Å²) in [6.07, 6.45) is -2.44. The van der Waals surface area contributed by atoms with E-state index in [1.165, 1.54) is 12.1 Å². The van der Waals surface area contributed by atoms with Crippen molar-refractivity contribution in [1.29, 1.82) is 0 Å². The van der Waals surface area contributed by atoms with Gasteiger partial charge >= 0.3 is 5.69 Å². The van der Waals surface area contributed by atoms with Crippen LogP contribution >= 0.6 is 15.9 Å². The zero-order chi connectivity index (χ0) is 14.7. The monoisotopic (exact) mass is 346 g/mol. The molecule has 4 N–H and O–H groups in total. The van der Waals surface area contributed by atoms with Gasteiger partial charge in [-0.2, -0.15) is 0 Å². The van der Waals surface area contributed by atoms with Crippen LogP contribution in [0.15, 0.2) is 20.1 Å². The Hall–Kier alpha value is -1.26. The Bertz CT molecular complexity index is 710. The van der Waals surface area contributed by atoms with Crippen molar-refractivity contribution in [2.45, 2.75) is 24.0 Å². The molecule has 1 spiro atoms. The zero-order valence-electron chi connectivity index (χ0n) is 9.99. The number of hydrogen-bond donors (Lipinski definition) is 4. The van der Waals surface area contributed by atoms with Gasteiger partial charge in [-0.15, -0.1) is 0 Å². The van der Waals surface area contributed by atoms with Crippen LogP contribution in [0.25, 0.3) is 6.08 Å². The molecule has 4 atom stereocenters. The molecule has 1 saturated heterocycles. The first-order chi connectivity index (χ1) is 9.41. The van der Waals surface area contributed by atoms with Gasteiger partial charge in [0.05, 0.1) is 16.8 Å². The van der Waals surface area contributed by atoms with Crippen molar-refractivity contribution in [1.82, 2.24) is 9.55 Å². The summed E-state index contributed by atoms with van der Waals surface area (Å²) in [6, 6.07) is 1.17. The van der Waals surface area contributed by atoms with Crippen molar-refractivity contribution in [3.05, 3.63) is 37.1 Å². The van der Waals surface area contributed by atoms with Gasteiger partial charge in [0.25, 0.3) is 5.56 Å². The number of fused-ring (bicyclic) bond motifs is 2. The molecule has 8 nitrogen and oxygen atoms in total. The second kappa shape index (κ2) is 4.37. The van der Waals surface area contributed by atoms with E-state index in [0.29, 0.717) is 0 Å². The second-order valence-corrected chi connectivity index (χ2v) is 5.52. The van der Waals surface area contributed by atoms with Crippen LogP contribution in [0.5, 0.6) is 0 Å². The SMILES string of the molecule is O=c1cc2n(c(=O)[nH]1)[C@@]1(O[C@H](CO)[C@@H](O)[C@H]1O)C(Br)=C2. The molecule has 0 unspecified atom stereocenters. The van der Waals surface area contributed by atoms with E-state index in [1.54, 1.807) is 0 Å². The van der Waals surface area contributed by atoms with Crippen LogP contribution in [0.3, 0.4) is 0 Å². The first kappa shape index (κ1) is 13.7. The highest BCUT2D eigenvalue weighted by atomic mass is 79.9. The average molecular weight is 347 g/mol. The number of hydrogen-bond acceptors (Lipinski definition) is 6. The van der Waals surface area contributed by atoms with Crippen molar-refractivity contribution >= 4 is 22.0 Å².